The molecule has 0 radical (unpaired) electrons. The number of benzene rings is 1. The highest BCUT2D eigenvalue weighted by Gasteiger charge is 2.28. The standard InChI is InChI=1S/C14H21N3O3/c1-9(16-13(18)12(15)14(2,3)4)10-6-5-7-11(8-10)17(19)20/h5-9,12H,15H2,1-4H3,(H,16,18)/t9?,12-/m0/s1. The molecule has 0 aliphatic carbocycles. The average Bonchev–Trinajstić information content (AvgIpc) is 2.36. The number of nitrogens with one attached hydrogen (secondary N) is 1. The van der Waals surface area contributed by atoms with Crippen LogP contribution in [-0.2, 0) is 4.79 Å². The second-order valence-corrected chi connectivity index (χ2v) is 5.93. The largest absolute Gasteiger partial charge is 0.348 e. The number of carbonyl (C=O) groups excluding carboxylic acids is 1. The third kappa shape index (κ3) is 4.03. The molecule has 6 heteroatoms. The first kappa shape index (κ1) is 16.1. The second kappa shape index (κ2) is 6.00. The topological polar surface area (TPSA) is 98.3 Å². The number of carbonyl (C=O) groups is 1. The van der Waals surface area contributed by atoms with Gasteiger partial charge >= 0.3 is 0 Å². The molecule has 110 valence electrons. The predicted molar refractivity (Wildman–Crippen MR) is 77.1 cm³/mol. The van der Waals surface area contributed by atoms with E-state index < -0.39 is 11.0 Å². The summed E-state index contributed by atoms with van der Waals surface area (Å²) in [6, 6.07) is 5.23. The molecule has 0 aromatic heterocycles. The number of nitrogens with zero attached hydrogens (tertiary/aromatic N) is 1. The van der Waals surface area contributed by atoms with Gasteiger partial charge in [0.05, 0.1) is 17.0 Å². The summed E-state index contributed by atoms with van der Waals surface area (Å²) in [7, 11) is 0. The molecule has 20 heavy (non-hydrogen) atoms. The van der Waals surface area contributed by atoms with Gasteiger partial charge < -0.3 is 11.1 Å². The van der Waals surface area contributed by atoms with Crippen LogP contribution >= 0.6 is 0 Å². The van der Waals surface area contributed by atoms with E-state index in [1.165, 1.54) is 12.1 Å². The van der Waals surface area contributed by atoms with Crippen molar-refractivity contribution in [1.82, 2.24) is 5.32 Å². The Hall–Kier alpha value is -1.95. The molecule has 1 aromatic carbocycles. The molecule has 0 heterocycles. The Bertz CT molecular complexity index is 509. The summed E-state index contributed by atoms with van der Waals surface area (Å²) >= 11 is 0. The van der Waals surface area contributed by atoms with E-state index in [-0.39, 0.29) is 23.1 Å². The number of nitro groups is 1. The fourth-order valence-corrected chi connectivity index (χ4v) is 1.69. The van der Waals surface area contributed by atoms with Crippen molar-refractivity contribution in [3.63, 3.8) is 0 Å². The maximum atomic E-state index is 12.0. The van der Waals surface area contributed by atoms with Gasteiger partial charge in [-0.15, -0.1) is 0 Å². The van der Waals surface area contributed by atoms with Crippen molar-refractivity contribution in [3.05, 3.63) is 39.9 Å². The Morgan fingerprint density at radius 2 is 2.00 bits per heavy atom. The molecule has 1 aromatic rings. The van der Waals surface area contributed by atoms with Crippen molar-refractivity contribution in [1.29, 1.82) is 0 Å². The van der Waals surface area contributed by atoms with Crippen LogP contribution in [0.3, 0.4) is 0 Å². The van der Waals surface area contributed by atoms with Gasteiger partial charge in [-0.3, -0.25) is 14.9 Å². The maximum absolute atomic E-state index is 12.0. The van der Waals surface area contributed by atoms with Crippen molar-refractivity contribution >= 4 is 11.6 Å². The summed E-state index contributed by atoms with van der Waals surface area (Å²) in [5.74, 6) is -0.267. The zero-order valence-electron chi connectivity index (χ0n) is 12.2. The van der Waals surface area contributed by atoms with Gasteiger partial charge in [-0.25, -0.2) is 0 Å². The summed E-state index contributed by atoms with van der Waals surface area (Å²) in [6.45, 7) is 7.42. The van der Waals surface area contributed by atoms with Crippen molar-refractivity contribution < 1.29 is 9.72 Å². The molecule has 0 aliphatic heterocycles. The van der Waals surface area contributed by atoms with E-state index in [2.05, 4.69) is 5.32 Å². The molecule has 0 saturated heterocycles. The minimum absolute atomic E-state index is 0.00344. The number of nitrogens with two attached hydrogens (primary N) is 1. The Labute approximate surface area is 118 Å². The average molecular weight is 279 g/mol. The van der Waals surface area contributed by atoms with Gasteiger partial charge in [-0.2, -0.15) is 0 Å². The number of hydrogen-bond donors (Lipinski definition) is 2. The van der Waals surface area contributed by atoms with E-state index in [4.69, 9.17) is 5.73 Å². The second-order valence-electron chi connectivity index (χ2n) is 5.93. The Morgan fingerprint density at radius 3 is 2.50 bits per heavy atom. The minimum atomic E-state index is -0.636. The molecular formula is C14H21N3O3. The van der Waals surface area contributed by atoms with Gasteiger partial charge in [0.2, 0.25) is 5.91 Å². The van der Waals surface area contributed by atoms with Crippen LogP contribution in [0.4, 0.5) is 5.69 Å². The normalized spacial score (nSPS) is 14.4. The summed E-state index contributed by atoms with van der Waals surface area (Å²) < 4.78 is 0. The number of non-ortho nitro benzene ring substituents is 1. The van der Waals surface area contributed by atoms with Crippen molar-refractivity contribution in [2.45, 2.75) is 39.8 Å². The van der Waals surface area contributed by atoms with Crippen LogP contribution in [0, 0.1) is 15.5 Å². The molecule has 0 saturated carbocycles. The summed E-state index contributed by atoms with van der Waals surface area (Å²) in [5.41, 5.74) is 6.22. The molecule has 2 atom stereocenters. The van der Waals surface area contributed by atoms with Crippen LogP contribution in [0.25, 0.3) is 0 Å². The Morgan fingerprint density at radius 1 is 1.40 bits per heavy atom. The van der Waals surface area contributed by atoms with Crippen LogP contribution in [0.2, 0.25) is 0 Å². The predicted octanol–water partition coefficient (Wildman–Crippen LogP) is 2.15. The van der Waals surface area contributed by atoms with E-state index >= 15 is 0 Å². The lowest BCUT2D eigenvalue weighted by atomic mass is 9.86. The van der Waals surface area contributed by atoms with E-state index in [1.54, 1.807) is 19.1 Å². The Kier molecular flexibility index (Phi) is 4.83. The molecule has 3 N–H and O–H groups in total. The highest BCUT2D eigenvalue weighted by atomic mass is 16.6. The summed E-state index contributed by atoms with van der Waals surface area (Å²) in [5, 5.41) is 13.5. The van der Waals surface area contributed by atoms with Crippen molar-refractivity contribution in [2.75, 3.05) is 0 Å². The first-order valence-corrected chi connectivity index (χ1v) is 6.43. The van der Waals surface area contributed by atoms with Gasteiger partial charge in [-0.05, 0) is 17.9 Å². The van der Waals surface area contributed by atoms with E-state index in [1.807, 2.05) is 20.8 Å². The highest BCUT2D eigenvalue weighted by molar-refractivity contribution is 5.82. The van der Waals surface area contributed by atoms with Gasteiger partial charge in [0.25, 0.3) is 5.69 Å². The van der Waals surface area contributed by atoms with E-state index in [0.29, 0.717) is 5.56 Å². The fraction of sp³-hybridized carbons (Fsp3) is 0.500. The summed E-state index contributed by atoms with van der Waals surface area (Å²) in [4.78, 5) is 22.3. The van der Waals surface area contributed by atoms with Gasteiger partial charge in [0.1, 0.15) is 0 Å². The molecule has 0 fully saturated rings. The lowest BCUT2D eigenvalue weighted by Gasteiger charge is -2.27. The third-order valence-electron chi connectivity index (χ3n) is 3.16. The first-order valence-electron chi connectivity index (χ1n) is 6.43. The molecular weight excluding hydrogens is 258 g/mol. The van der Waals surface area contributed by atoms with Crippen LogP contribution in [0.15, 0.2) is 24.3 Å². The molecule has 6 nitrogen and oxygen atoms in total. The van der Waals surface area contributed by atoms with Crippen molar-refractivity contribution in [3.8, 4) is 0 Å². The molecule has 0 spiro atoms. The molecule has 1 unspecified atom stereocenters. The monoisotopic (exact) mass is 279 g/mol. The lowest BCUT2D eigenvalue weighted by molar-refractivity contribution is -0.384. The SMILES string of the molecule is CC(NC(=O)[C@H](N)C(C)(C)C)c1cccc([N+](=O)[O-])c1. The number of rotatable bonds is 4. The quantitative estimate of drug-likeness (QED) is 0.651. The number of nitro benzene ring substituents is 1. The van der Waals surface area contributed by atoms with E-state index in [0.717, 1.165) is 0 Å². The van der Waals surface area contributed by atoms with Crippen molar-refractivity contribution in [2.24, 2.45) is 11.1 Å². The zero-order chi connectivity index (χ0) is 15.5. The maximum Gasteiger partial charge on any atom is 0.269 e. The first-order chi connectivity index (χ1) is 9.12. The summed E-state index contributed by atoms with van der Waals surface area (Å²) in [6.07, 6.45) is 0. The molecule has 0 bridgehead atoms. The number of amides is 1. The lowest BCUT2D eigenvalue weighted by Crippen LogP contribution is -2.49. The fourth-order valence-electron chi connectivity index (χ4n) is 1.69. The van der Waals surface area contributed by atoms with Crippen LogP contribution in [0.1, 0.15) is 39.3 Å². The van der Waals surface area contributed by atoms with Crippen LogP contribution in [-0.4, -0.2) is 16.9 Å². The van der Waals surface area contributed by atoms with Crippen LogP contribution < -0.4 is 11.1 Å². The zero-order valence-corrected chi connectivity index (χ0v) is 12.2. The molecule has 0 aliphatic rings. The van der Waals surface area contributed by atoms with E-state index in [9.17, 15) is 14.9 Å². The number of hydrogen-bond acceptors (Lipinski definition) is 4. The van der Waals surface area contributed by atoms with Gasteiger partial charge in [-0.1, -0.05) is 32.9 Å². The third-order valence-corrected chi connectivity index (χ3v) is 3.16. The molecule has 1 amide bonds. The highest BCUT2D eigenvalue weighted by Crippen LogP contribution is 2.21. The Balaban J connectivity index is 2.81. The van der Waals surface area contributed by atoms with Gasteiger partial charge in [0, 0.05) is 12.1 Å². The molecule has 1 rings (SSSR count). The smallest absolute Gasteiger partial charge is 0.269 e. The minimum Gasteiger partial charge on any atom is -0.348 e. The van der Waals surface area contributed by atoms with Crippen LogP contribution in [0.5, 0.6) is 0 Å². The van der Waals surface area contributed by atoms with Gasteiger partial charge in [0.15, 0.2) is 0 Å².